The third-order valence-corrected chi connectivity index (χ3v) is 3.34. The topological polar surface area (TPSA) is 94.0 Å². The molecule has 0 radical (unpaired) electrons. The molecule has 0 aliphatic carbocycles. The van der Waals surface area contributed by atoms with Gasteiger partial charge in [-0.3, -0.25) is 4.79 Å². The highest BCUT2D eigenvalue weighted by Crippen LogP contribution is 2.19. The van der Waals surface area contributed by atoms with E-state index in [2.05, 4.69) is 15.5 Å². The first-order valence-electron chi connectivity index (χ1n) is 6.20. The van der Waals surface area contributed by atoms with Crippen molar-refractivity contribution in [1.82, 2.24) is 15.5 Å². The van der Waals surface area contributed by atoms with Crippen molar-refractivity contribution in [3.63, 3.8) is 0 Å². The molecule has 10 heteroatoms. The number of carbonyl (C=O) groups is 1. The first-order chi connectivity index (χ1) is 10.00. The fourth-order valence-electron chi connectivity index (χ4n) is 1.47. The smallest absolute Gasteiger partial charge is 0.277 e. The largest absolute Gasteiger partial charge is 0.350 e. The lowest BCUT2D eigenvalue weighted by molar-refractivity contribution is -0.122. The predicted molar refractivity (Wildman–Crippen MR) is 80.2 cm³/mol. The minimum atomic E-state index is -3.09. The van der Waals surface area contributed by atoms with Gasteiger partial charge in [0.1, 0.15) is 0 Å². The van der Waals surface area contributed by atoms with Gasteiger partial charge in [-0.05, 0) is 11.4 Å². The summed E-state index contributed by atoms with van der Waals surface area (Å²) in [6, 6.07) is 1.85. The number of hydrogen-bond donors (Lipinski definition) is 2. The molecule has 2 aromatic rings. The van der Waals surface area contributed by atoms with E-state index in [1.807, 2.05) is 16.8 Å². The number of rotatable bonds is 7. The molecule has 0 unspecified atom stereocenters. The molecule has 3 N–H and O–H groups in total. The molecule has 0 atom stereocenters. The molecule has 2 aromatic heterocycles. The molecule has 0 aromatic carbocycles. The summed E-state index contributed by atoms with van der Waals surface area (Å²) in [7, 11) is 0. The first kappa shape index (κ1) is 18.5. The number of alkyl halides is 2. The van der Waals surface area contributed by atoms with Gasteiger partial charge in [0, 0.05) is 23.8 Å². The third-order valence-electron chi connectivity index (χ3n) is 2.66. The van der Waals surface area contributed by atoms with Crippen molar-refractivity contribution in [3.8, 4) is 11.4 Å². The van der Waals surface area contributed by atoms with Crippen LogP contribution in [0, 0.1) is 0 Å². The maximum Gasteiger partial charge on any atom is 0.277 e. The Morgan fingerprint density at radius 3 is 2.91 bits per heavy atom. The van der Waals surface area contributed by atoms with Crippen LogP contribution < -0.4 is 11.1 Å². The summed E-state index contributed by atoms with van der Waals surface area (Å²) >= 11 is 1.51. The Hall–Kier alpha value is -1.58. The Labute approximate surface area is 135 Å². The molecule has 0 bridgehead atoms. The van der Waals surface area contributed by atoms with E-state index in [1.165, 1.54) is 11.3 Å². The van der Waals surface area contributed by atoms with E-state index in [0.717, 1.165) is 5.56 Å². The van der Waals surface area contributed by atoms with E-state index in [0.29, 0.717) is 5.82 Å². The van der Waals surface area contributed by atoms with Crippen molar-refractivity contribution in [2.75, 3.05) is 13.1 Å². The number of nitrogens with zero attached hydrogens (tertiary/aromatic N) is 2. The summed E-state index contributed by atoms with van der Waals surface area (Å²) in [6.45, 7) is -1.58. The second-order valence-corrected chi connectivity index (χ2v) is 5.14. The van der Waals surface area contributed by atoms with Crippen LogP contribution in [0.2, 0.25) is 0 Å². The van der Waals surface area contributed by atoms with Crippen molar-refractivity contribution >= 4 is 29.7 Å². The molecule has 0 aliphatic rings. The minimum Gasteiger partial charge on any atom is -0.350 e. The zero-order valence-electron chi connectivity index (χ0n) is 11.4. The lowest BCUT2D eigenvalue weighted by Crippen LogP contribution is -2.41. The van der Waals surface area contributed by atoms with Crippen molar-refractivity contribution in [3.05, 3.63) is 22.7 Å². The summed E-state index contributed by atoms with van der Waals surface area (Å²) in [6.07, 6.45) is 0.184. The van der Waals surface area contributed by atoms with E-state index >= 15 is 0 Å². The molecule has 0 aliphatic heterocycles. The molecule has 0 fully saturated rings. The zero-order valence-corrected chi connectivity index (χ0v) is 13.1. The lowest BCUT2D eigenvalue weighted by Gasteiger charge is -2.14. The number of thiophene rings is 1. The maximum atomic E-state index is 12.9. The van der Waals surface area contributed by atoms with E-state index in [1.54, 1.807) is 0 Å². The van der Waals surface area contributed by atoms with Gasteiger partial charge in [0.15, 0.2) is 0 Å². The molecule has 22 heavy (non-hydrogen) atoms. The highest BCUT2D eigenvalue weighted by atomic mass is 35.5. The van der Waals surface area contributed by atoms with Gasteiger partial charge in [0.05, 0.1) is 13.1 Å². The highest BCUT2D eigenvalue weighted by molar-refractivity contribution is 7.08. The molecule has 6 nitrogen and oxygen atoms in total. The summed E-state index contributed by atoms with van der Waals surface area (Å²) in [5.41, 5.74) is 5.71. The van der Waals surface area contributed by atoms with Gasteiger partial charge in [-0.1, -0.05) is 5.16 Å². The van der Waals surface area contributed by atoms with Crippen LogP contribution in [0.3, 0.4) is 0 Å². The van der Waals surface area contributed by atoms with Gasteiger partial charge in [-0.25, -0.2) is 8.78 Å². The molecule has 1 amide bonds. The van der Waals surface area contributed by atoms with Crippen molar-refractivity contribution in [2.24, 2.45) is 5.73 Å². The SMILES string of the molecule is Cl.NCC(F)(F)CNC(=O)CCc1nc(-c2ccsc2)no1. The van der Waals surface area contributed by atoms with E-state index in [4.69, 9.17) is 10.3 Å². The van der Waals surface area contributed by atoms with Crippen molar-refractivity contribution < 1.29 is 18.1 Å². The van der Waals surface area contributed by atoms with Gasteiger partial charge < -0.3 is 15.6 Å². The Bertz CT molecular complexity index is 592. The van der Waals surface area contributed by atoms with Crippen LogP contribution in [-0.4, -0.2) is 35.1 Å². The second kappa shape index (κ2) is 8.16. The molecule has 0 saturated heterocycles. The van der Waals surface area contributed by atoms with Crippen LogP contribution in [0.5, 0.6) is 0 Å². The molecule has 2 rings (SSSR count). The lowest BCUT2D eigenvalue weighted by atomic mass is 10.2. The molecule has 122 valence electrons. The first-order valence-corrected chi connectivity index (χ1v) is 7.14. The quantitative estimate of drug-likeness (QED) is 0.793. The highest BCUT2D eigenvalue weighted by Gasteiger charge is 2.27. The number of nitrogens with two attached hydrogens (primary N) is 1. The monoisotopic (exact) mass is 352 g/mol. The summed E-state index contributed by atoms with van der Waals surface area (Å²) in [5, 5.41) is 9.67. The Morgan fingerprint density at radius 2 is 2.27 bits per heavy atom. The third kappa shape index (κ3) is 5.32. The molecule has 2 heterocycles. The van der Waals surface area contributed by atoms with Crippen molar-refractivity contribution in [2.45, 2.75) is 18.8 Å². The molecular formula is C12H15ClF2N4O2S. The Morgan fingerprint density at radius 1 is 1.50 bits per heavy atom. The maximum absolute atomic E-state index is 12.9. The van der Waals surface area contributed by atoms with Gasteiger partial charge in [0.2, 0.25) is 17.6 Å². The summed E-state index contributed by atoms with van der Waals surface area (Å²) in [4.78, 5) is 15.6. The molecule has 0 saturated carbocycles. The number of hydrogen-bond acceptors (Lipinski definition) is 6. The van der Waals surface area contributed by atoms with Crippen LogP contribution >= 0.6 is 23.7 Å². The fourth-order valence-corrected chi connectivity index (χ4v) is 2.11. The molecular weight excluding hydrogens is 338 g/mol. The Balaban J connectivity index is 0.00000242. The van der Waals surface area contributed by atoms with Crippen molar-refractivity contribution in [1.29, 1.82) is 0 Å². The number of nitrogens with one attached hydrogen (secondary N) is 1. The van der Waals surface area contributed by atoms with Crippen LogP contribution in [0.15, 0.2) is 21.3 Å². The summed E-state index contributed by atoms with van der Waals surface area (Å²) < 4.78 is 30.7. The fraction of sp³-hybridized carbons (Fsp3) is 0.417. The normalized spacial score (nSPS) is 11.0. The van der Waals surface area contributed by atoms with Crippen LogP contribution in [0.25, 0.3) is 11.4 Å². The number of amides is 1. The van der Waals surface area contributed by atoms with Gasteiger partial charge in [-0.15, -0.1) is 12.4 Å². The Kier molecular flexibility index (Phi) is 6.85. The average Bonchev–Trinajstić information content (AvgIpc) is 3.13. The van der Waals surface area contributed by atoms with E-state index in [-0.39, 0.29) is 31.1 Å². The number of aryl methyl sites for hydroxylation is 1. The number of halogens is 3. The van der Waals surface area contributed by atoms with Gasteiger partial charge in [0.25, 0.3) is 5.92 Å². The standard InChI is InChI=1S/C12H14F2N4O2S.ClH/c13-12(14,6-15)7-16-9(19)1-2-10-17-11(18-20-10)8-3-4-21-5-8;/h3-5H,1-2,6-7,15H2,(H,16,19);1H. The second-order valence-electron chi connectivity index (χ2n) is 4.36. The molecule has 0 spiro atoms. The van der Waals surface area contributed by atoms with Crippen LogP contribution in [-0.2, 0) is 11.2 Å². The number of aromatic nitrogens is 2. The average molecular weight is 353 g/mol. The van der Waals surface area contributed by atoms with E-state index in [9.17, 15) is 13.6 Å². The zero-order chi connectivity index (χ0) is 15.3. The predicted octanol–water partition coefficient (Wildman–Crippen LogP) is 1.86. The number of carbonyl (C=O) groups excluding carboxylic acids is 1. The van der Waals surface area contributed by atoms with Crippen LogP contribution in [0.1, 0.15) is 12.3 Å². The van der Waals surface area contributed by atoms with Gasteiger partial charge >= 0.3 is 0 Å². The van der Waals surface area contributed by atoms with E-state index < -0.39 is 24.9 Å². The van der Waals surface area contributed by atoms with Crippen LogP contribution in [0.4, 0.5) is 8.78 Å². The summed E-state index contributed by atoms with van der Waals surface area (Å²) in [5.74, 6) is -2.87. The van der Waals surface area contributed by atoms with Gasteiger partial charge in [-0.2, -0.15) is 16.3 Å². The minimum absolute atomic E-state index is 0.